The lowest BCUT2D eigenvalue weighted by atomic mass is 10.2. The van der Waals surface area contributed by atoms with Gasteiger partial charge in [-0.05, 0) is 218 Å². The molecule has 0 heterocycles. The number of aliphatic hydroxyl groups excluding tert-OH is 1. The number of aryl methyl sites for hydroxylation is 1. The van der Waals surface area contributed by atoms with E-state index >= 15 is 0 Å². The molecule has 3 amide bonds. The molecule has 0 aliphatic heterocycles. The first-order valence-corrected chi connectivity index (χ1v) is 43.5. The van der Waals surface area contributed by atoms with Gasteiger partial charge in [0.1, 0.15) is 23.4 Å². The van der Waals surface area contributed by atoms with Crippen LogP contribution >= 0.6 is 36.2 Å². The first-order valence-electron chi connectivity index (χ1n) is 35.0. The van der Waals surface area contributed by atoms with Crippen molar-refractivity contribution in [2.45, 2.75) is 201 Å². The number of carbonyl (C=O) groups is 3. The molecule has 0 aliphatic carbocycles. The van der Waals surface area contributed by atoms with Gasteiger partial charge in [-0.1, -0.05) is 54.1 Å². The molecule has 0 aromatic heterocycles. The fourth-order valence-corrected chi connectivity index (χ4v) is 14.3. The maximum absolute atomic E-state index is 13.0. The second-order valence-corrected chi connectivity index (χ2v) is 40.5. The van der Waals surface area contributed by atoms with Crippen LogP contribution in [0.3, 0.4) is 0 Å². The minimum atomic E-state index is -4.94. The maximum Gasteiger partial charge on any atom is 0.413 e. The van der Waals surface area contributed by atoms with Crippen molar-refractivity contribution >= 4 is 128 Å². The monoisotopic (exact) mass is 1970 g/mol. The van der Waals surface area contributed by atoms with Crippen molar-refractivity contribution in [3.8, 4) is 0 Å². The second-order valence-electron chi connectivity index (χ2n) is 29.3. The number of benzene rings is 7. The van der Waals surface area contributed by atoms with Gasteiger partial charge in [0.15, 0.2) is 51.4 Å². The summed E-state index contributed by atoms with van der Waals surface area (Å²) >= 11 is 5.48. The van der Waals surface area contributed by atoms with Crippen LogP contribution in [0, 0.1) is 6.92 Å². The summed E-state index contributed by atoms with van der Waals surface area (Å²) in [5.74, 6) is -3.81. The summed E-state index contributed by atoms with van der Waals surface area (Å²) in [7, 11) is -18.1. The molecule has 0 radical (unpaired) electrons. The van der Waals surface area contributed by atoms with Crippen LogP contribution in [0.15, 0.2) is 204 Å². The van der Waals surface area contributed by atoms with E-state index in [0.29, 0.717) is 60.6 Å². The highest BCUT2D eigenvalue weighted by Crippen LogP contribution is 2.42. The normalized spacial score (nSPS) is 12.5. The van der Waals surface area contributed by atoms with Crippen molar-refractivity contribution in [3.63, 3.8) is 0 Å². The fraction of sp³-hybridized carbons (Fsp3) is 0.408. The standard InChI is InChI=1S/C15H20F3NO4S.C13H16F3NO4S.C13H16F3NO2S.C10H12F3NO2S.C9H9F3O3S.C8H8F3NS.C6H7NS.C2H3F3O/c1-13(2,3)23-12(20)19-10-7-6-8-11(9-10)24(21,22)14(4,5)15(16,17)18;1-12(2,3)21-11(18)17-9-5-4-6-10(7-9)22(19,20)8-13(14,15)16;1-12(2,3)19-11(18)17-9-5-4-6-10(7-9)20-8-13(14,15)16;1-9(2,10(11,12)13)17(15,16)8-5-3-4-7(14)6-8;1-7-2-4-8(5-3-7)16(13,14)15-6-9(10,11)12;9-8(10,11)5-13-7-3-1-2-6(12)4-7;7-5-2-1-3-6(8)4-5;3-2(4,5)1-6/h6-9H,1-5H3,(H,19,20);4-7H,8H2,1-3H3,(H,17,18);4-7H,8H2,1-3H3,(H,17,18);3-6H,14H2,1-2H3;2-5H,6H2,1H3;1-4H,5,12H2;1-4,8H,7H2;6H,1H2. The summed E-state index contributed by atoms with van der Waals surface area (Å²) in [6.07, 6.45) is -34.4. The Morgan fingerprint density at radius 1 is 0.381 bits per heavy atom. The van der Waals surface area contributed by atoms with Gasteiger partial charge in [-0.2, -0.15) is 101 Å². The largest absolute Gasteiger partial charge is 0.444 e. The first-order chi connectivity index (χ1) is 56.4. The number of sulfone groups is 3. The van der Waals surface area contributed by atoms with E-state index in [4.69, 9.17) is 36.5 Å². The van der Waals surface area contributed by atoms with Crippen molar-refractivity contribution in [1.29, 1.82) is 0 Å². The summed E-state index contributed by atoms with van der Waals surface area (Å²) in [4.78, 5) is 34.9. The fourth-order valence-electron chi connectivity index (χ4n) is 7.69. The highest BCUT2D eigenvalue weighted by Gasteiger charge is 2.58. The van der Waals surface area contributed by atoms with Crippen molar-refractivity contribution in [1.82, 2.24) is 0 Å². The molecule has 710 valence electrons. The third-order valence-electron chi connectivity index (χ3n) is 13.7. The number of hydrogen-bond acceptors (Lipinski definition) is 22. The summed E-state index contributed by atoms with van der Waals surface area (Å²) in [6.45, 7) is 15.6. The zero-order valence-corrected chi connectivity index (χ0v) is 74.6. The molecular weight excluding hydrogens is 1880 g/mol. The zero-order valence-electron chi connectivity index (χ0n) is 68.8. The quantitative estimate of drug-likeness (QED) is 0.0111. The van der Waals surface area contributed by atoms with Gasteiger partial charge in [-0.25, -0.2) is 39.6 Å². The number of thiol groups is 1. The number of carbonyl (C=O) groups excluding carboxylic acids is 3. The van der Waals surface area contributed by atoms with Crippen molar-refractivity contribution < 1.29 is 164 Å². The van der Waals surface area contributed by atoms with Crippen molar-refractivity contribution in [2.75, 3.05) is 63.6 Å². The molecule has 7 aromatic carbocycles. The molecule has 0 unspecified atom stereocenters. The predicted molar refractivity (Wildman–Crippen MR) is 439 cm³/mol. The molecular formula is C76H91F21N6O16S7. The number of nitrogen functional groups attached to an aromatic ring is 3. The predicted octanol–water partition coefficient (Wildman–Crippen LogP) is 21.9. The average Bonchev–Trinajstić information content (AvgIpc) is 0.750. The minimum absolute atomic E-state index is 0.0169. The SMILES string of the molecule is CC(C)(C(F)(F)F)S(=O)(=O)c1cccc(N)c1.CC(C)(C)OC(=O)Nc1cccc(S(=O)(=O)C(C)(C)C(F)(F)F)c1.CC(C)(C)OC(=O)Nc1cccc(S(=O)(=O)CC(F)(F)F)c1.CC(C)(C)OC(=O)Nc1cccc(SCC(F)(F)F)c1.Cc1ccc(S(=O)(=O)OCC(F)(F)F)cc1.Nc1cccc(S)c1.Nc1cccc(SCC(F)(F)F)c1.OCC(F)(F)F. The highest BCUT2D eigenvalue weighted by molar-refractivity contribution is 7.99. The third kappa shape index (κ3) is 48.3. The van der Waals surface area contributed by atoms with E-state index in [1.54, 1.807) is 106 Å². The topological polar surface area (TPSA) is 359 Å². The number of anilines is 6. The van der Waals surface area contributed by atoms with Crippen LogP contribution in [0.1, 0.15) is 95.6 Å². The molecule has 0 saturated carbocycles. The van der Waals surface area contributed by atoms with E-state index in [1.165, 1.54) is 72.8 Å². The van der Waals surface area contributed by atoms with Crippen molar-refractivity contribution in [3.05, 3.63) is 175 Å². The second kappa shape index (κ2) is 47.4. The van der Waals surface area contributed by atoms with E-state index in [9.17, 15) is 140 Å². The van der Waals surface area contributed by atoms with Crippen LogP contribution in [0.4, 0.5) is 141 Å². The first kappa shape index (κ1) is 117. The third-order valence-corrected chi connectivity index (χ3v) is 24.0. The minimum Gasteiger partial charge on any atom is -0.444 e. The van der Waals surface area contributed by atoms with E-state index in [0.717, 1.165) is 64.3 Å². The van der Waals surface area contributed by atoms with Crippen LogP contribution in [0.25, 0.3) is 0 Å². The molecule has 0 bridgehead atoms. The smallest absolute Gasteiger partial charge is 0.413 e. The Balaban J connectivity index is 0.00000145. The molecule has 0 fully saturated rings. The number of rotatable bonds is 16. The molecule has 126 heavy (non-hydrogen) atoms. The van der Waals surface area contributed by atoms with E-state index in [1.807, 2.05) is 24.3 Å². The Labute approximate surface area is 727 Å². The van der Waals surface area contributed by atoms with Gasteiger partial charge in [0.2, 0.25) is 0 Å². The summed E-state index contributed by atoms with van der Waals surface area (Å²) in [5, 5.41) is 14.3. The molecule has 22 nitrogen and oxygen atoms in total. The van der Waals surface area contributed by atoms with Crippen LogP contribution in [0.2, 0.25) is 0 Å². The van der Waals surface area contributed by atoms with Crippen LogP contribution < -0.4 is 33.2 Å². The van der Waals surface area contributed by atoms with E-state index < -0.39 is 173 Å². The van der Waals surface area contributed by atoms with Gasteiger partial charge in [0, 0.05) is 48.8 Å². The summed E-state index contributed by atoms with van der Waals surface area (Å²) < 4.78 is 360. The Morgan fingerprint density at radius 3 is 1.00 bits per heavy atom. The maximum atomic E-state index is 13.0. The van der Waals surface area contributed by atoms with Gasteiger partial charge >= 0.3 is 61.5 Å². The molecule has 0 atom stereocenters. The van der Waals surface area contributed by atoms with Gasteiger partial charge in [-0.3, -0.25) is 20.1 Å². The number of halogens is 21. The van der Waals surface area contributed by atoms with Crippen LogP contribution in [0.5, 0.6) is 0 Å². The summed E-state index contributed by atoms with van der Waals surface area (Å²) in [6, 6.07) is 39.3. The van der Waals surface area contributed by atoms with Gasteiger partial charge in [-0.15, -0.1) is 36.2 Å². The van der Waals surface area contributed by atoms with Gasteiger partial charge in [0.25, 0.3) is 10.1 Å². The molecule has 10 N–H and O–H groups in total. The Bertz CT molecular complexity index is 5100. The molecule has 0 spiro atoms. The molecule has 0 aliphatic rings. The molecule has 0 saturated heterocycles. The number of amides is 3. The number of nitrogens with one attached hydrogen (secondary N) is 3. The number of aliphatic hydroxyl groups is 1. The van der Waals surface area contributed by atoms with Gasteiger partial charge in [0.05, 0.1) is 31.1 Å². The number of ether oxygens (including phenoxy) is 3. The van der Waals surface area contributed by atoms with E-state index in [2.05, 4.69) is 32.8 Å². The summed E-state index contributed by atoms with van der Waals surface area (Å²) in [5.41, 5.74) is 16.6. The number of hydrogen-bond donors (Lipinski definition) is 8. The number of nitrogens with two attached hydrogens (primary N) is 3. The van der Waals surface area contributed by atoms with Gasteiger partial charge < -0.3 is 36.5 Å². The lowest BCUT2D eigenvalue weighted by Crippen LogP contribution is -2.46. The highest BCUT2D eigenvalue weighted by atomic mass is 32.2. The molecule has 7 aromatic rings. The average molecular weight is 1970 g/mol. The molecule has 50 heteroatoms. The lowest BCUT2D eigenvalue weighted by molar-refractivity contribution is -0.159. The number of thioether (sulfide) groups is 2. The Morgan fingerprint density at radius 2 is 0.690 bits per heavy atom. The van der Waals surface area contributed by atoms with E-state index in [-0.39, 0.29) is 22.0 Å². The Hall–Kier alpha value is -8.95. The van der Waals surface area contributed by atoms with Crippen LogP contribution in [-0.2, 0) is 58.0 Å². The zero-order chi connectivity index (χ0) is 98.5. The lowest BCUT2D eigenvalue weighted by Gasteiger charge is -2.27. The Kier molecular flexibility index (Phi) is 44.0. The number of alkyl halides is 21. The van der Waals surface area contributed by atoms with Crippen molar-refractivity contribution in [2.24, 2.45) is 0 Å². The van der Waals surface area contributed by atoms with Crippen LogP contribution in [-0.4, -0.2) is 157 Å². The molecule has 7 rings (SSSR count).